The number of hydrogen-bond donors (Lipinski definition) is 0. The fraction of sp³-hybridized carbons (Fsp3) is 0.636. The first-order chi connectivity index (χ1) is 7.22. The molecule has 15 heavy (non-hydrogen) atoms. The van der Waals surface area contributed by atoms with Gasteiger partial charge in [-0.05, 0) is 19.3 Å². The van der Waals surface area contributed by atoms with E-state index >= 15 is 0 Å². The van der Waals surface area contributed by atoms with Crippen LogP contribution in [0.4, 0.5) is 4.79 Å². The number of nitrogens with zero attached hydrogens (tertiary/aromatic N) is 3. The first kappa shape index (κ1) is 10.2. The number of rotatable bonds is 1. The molecule has 1 aromatic rings. The Bertz CT molecular complexity index is 358. The highest BCUT2D eigenvalue weighted by atomic mass is 16.2. The number of aryl methyl sites for hydroxylation is 1. The van der Waals surface area contributed by atoms with Gasteiger partial charge in [0.25, 0.3) is 6.33 Å². The molecule has 1 amide bonds. The van der Waals surface area contributed by atoms with Crippen LogP contribution in [0.15, 0.2) is 18.7 Å². The van der Waals surface area contributed by atoms with Gasteiger partial charge in [-0.3, -0.25) is 0 Å². The average molecular weight is 208 g/mol. The molecule has 0 aliphatic carbocycles. The zero-order valence-electron chi connectivity index (χ0n) is 9.39. The van der Waals surface area contributed by atoms with Crippen LogP contribution < -0.4 is 4.57 Å². The maximum Gasteiger partial charge on any atom is 0.416 e. The third kappa shape index (κ3) is 1.89. The molecule has 0 saturated carbocycles. The van der Waals surface area contributed by atoms with Crippen LogP contribution in [-0.2, 0) is 7.05 Å². The molecule has 1 unspecified atom stereocenters. The predicted octanol–water partition coefficient (Wildman–Crippen LogP) is 1.16. The van der Waals surface area contributed by atoms with Gasteiger partial charge >= 0.3 is 6.03 Å². The topological polar surface area (TPSA) is 29.1 Å². The SMILES string of the molecule is CCC1CCCN1C(=O)n1cc[n+](C)c1. The number of imidazole rings is 1. The van der Waals surface area contributed by atoms with Gasteiger partial charge in [0.05, 0.1) is 7.05 Å². The Morgan fingerprint density at radius 1 is 1.60 bits per heavy atom. The highest BCUT2D eigenvalue weighted by molar-refractivity contribution is 5.77. The van der Waals surface area contributed by atoms with Crippen LogP contribution in [0.5, 0.6) is 0 Å². The van der Waals surface area contributed by atoms with E-state index in [0.717, 1.165) is 25.8 Å². The van der Waals surface area contributed by atoms with Gasteiger partial charge in [-0.25, -0.2) is 9.36 Å². The van der Waals surface area contributed by atoms with Crippen molar-refractivity contribution in [1.29, 1.82) is 0 Å². The molecule has 2 rings (SSSR count). The number of aromatic nitrogens is 2. The van der Waals surface area contributed by atoms with E-state index in [2.05, 4.69) is 6.92 Å². The molecule has 0 radical (unpaired) electrons. The van der Waals surface area contributed by atoms with Crippen LogP contribution in [-0.4, -0.2) is 28.1 Å². The average Bonchev–Trinajstić information content (AvgIpc) is 2.84. The van der Waals surface area contributed by atoms with Crippen LogP contribution in [0.3, 0.4) is 0 Å². The number of likely N-dealkylation sites (tertiary alicyclic amines) is 1. The van der Waals surface area contributed by atoms with Crippen molar-refractivity contribution >= 4 is 6.03 Å². The zero-order valence-corrected chi connectivity index (χ0v) is 9.39. The smallest absolute Gasteiger partial charge is 0.301 e. The molecule has 1 fully saturated rings. The fourth-order valence-corrected chi connectivity index (χ4v) is 2.22. The van der Waals surface area contributed by atoms with E-state index < -0.39 is 0 Å². The molecule has 82 valence electrons. The maximum absolute atomic E-state index is 12.1. The minimum absolute atomic E-state index is 0.111. The first-order valence-electron chi connectivity index (χ1n) is 5.56. The van der Waals surface area contributed by atoms with Crippen LogP contribution in [0, 0.1) is 0 Å². The van der Waals surface area contributed by atoms with E-state index in [4.69, 9.17) is 0 Å². The summed E-state index contributed by atoms with van der Waals surface area (Å²) in [7, 11) is 1.92. The van der Waals surface area contributed by atoms with Gasteiger partial charge in [0.15, 0.2) is 0 Å². The molecule has 1 aliphatic heterocycles. The molecule has 1 aliphatic rings. The summed E-state index contributed by atoms with van der Waals surface area (Å²) >= 11 is 0. The molecule has 1 atom stereocenters. The van der Waals surface area contributed by atoms with E-state index in [9.17, 15) is 4.79 Å². The third-order valence-electron chi connectivity index (χ3n) is 3.08. The lowest BCUT2D eigenvalue weighted by Crippen LogP contribution is -2.38. The predicted molar refractivity (Wildman–Crippen MR) is 56.4 cm³/mol. The lowest BCUT2D eigenvalue weighted by Gasteiger charge is -2.20. The van der Waals surface area contributed by atoms with E-state index in [0.29, 0.717) is 6.04 Å². The van der Waals surface area contributed by atoms with Gasteiger partial charge in [-0.2, -0.15) is 4.57 Å². The van der Waals surface area contributed by atoms with Gasteiger partial charge in [0, 0.05) is 12.6 Å². The minimum Gasteiger partial charge on any atom is -0.301 e. The first-order valence-corrected chi connectivity index (χ1v) is 5.56. The second kappa shape index (κ2) is 4.04. The second-order valence-corrected chi connectivity index (χ2v) is 4.17. The number of hydrogen-bond acceptors (Lipinski definition) is 1. The van der Waals surface area contributed by atoms with Gasteiger partial charge in [0.2, 0.25) is 0 Å². The molecule has 1 saturated heterocycles. The summed E-state index contributed by atoms with van der Waals surface area (Å²) in [6, 6.07) is 0.546. The molecule has 4 nitrogen and oxygen atoms in total. The summed E-state index contributed by atoms with van der Waals surface area (Å²) in [5, 5.41) is 0. The summed E-state index contributed by atoms with van der Waals surface area (Å²) in [6.45, 7) is 3.05. The van der Waals surface area contributed by atoms with E-state index in [1.165, 1.54) is 0 Å². The van der Waals surface area contributed by atoms with E-state index in [1.54, 1.807) is 4.57 Å². The van der Waals surface area contributed by atoms with Crippen molar-refractivity contribution < 1.29 is 9.36 Å². The van der Waals surface area contributed by atoms with Gasteiger partial charge in [0.1, 0.15) is 12.4 Å². The molecule has 0 aromatic carbocycles. The summed E-state index contributed by atoms with van der Waals surface area (Å²) < 4.78 is 3.54. The van der Waals surface area contributed by atoms with Crippen LogP contribution >= 0.6 is 0 Å². The number of carbonyl (C=O) groups is 1. The van der Waals surface area contributed by atoms with Gasteiger partial charge < -0.3 is 4.90 Å². The molecular weight excluding hydrogens is 190 g/mol. The lowest BCUT2D eigenvalue weighted by molar-refractivity contribution is -0.670. The summed E-state index contributed by atoms with van der Waals surface area (Å²) in [5.74, 6) is 0. The number of carbonyl (C=O) groups excluding carboxylic acids is 1. The largest absolute Gasteiger partial charge is 0.416 e. The van der Waals surface area contributed by atoms with Crippen molar-refractivity contribution in [3.8, 4) is 0 Å². The summed E-state index contributed by atoms with van der Waals surface area (Å²) in [5.41, 5.74) is 0. The zero-order chi connectivity index (χ0) is 10.8. The highest BCUT2D eigenvalue weighted by Gasteiger charge is 2.30. The van der Waals surface area contributed by atoms with Crippen molar-refractivity contribution in [3.63, 3.8) is 0 Å². The van der Waals surface area contributed by atoms with Gasteiger partial charge in [-0.15, -0.1) is 0 Å². The monoisotopic (exact) mass is 208 g/mol. The normalized spacial score (nSPS) is 20.9. The molecule has 0 N–H and O–H groups in total. The Morgan fingerprint density at radius 2 is 2.40 bits per heavy atom. The Morgan fingerprint density at radius 3 is 3.00 bits per heavy atom. The standard InChI is InChI=1S/C11H18N3O/c1-3-10-5-4-6-14(10)11(15)13-8-7-12(2)9-13/h7-10H,3-6H2,1-2H3/q+1. The van der Waals surface area contributed by atoms with E-state index in [-0.39, 0.29) is 6.03 Å². The maximum atomic E-state index is 12.1. The second-order valence-electron chi connectivity index (χ2n) is 4.17. The van der Waals surface area contributed by atoms with Crippen molar-refractivity contribution in [2.75, 3.05) is 6.54 Å². The molecule has 1 aromatic heterocycles. The number of amides is 1. The van der Waals surface area contributed by atoms with E-state index in [1.807, 2.05) is 35.2 Å². The third-order valence-corrected chi connectivity index (χ3v) is 3.08. The van der Waals surface area contributed by atoms with Crippen LogP contribution in [0.1, 0.15) is 26.2 Å². The van der Waals surface area contributed by atoms with Crippen LogP contribution in [0.25, 0.3) is 0 Å². The molecular formula is C11H18N3O+. The Kier molecular flexibility index (Phi) is 2.75. The Balaban J connectivity index is 2.13. The van der Waals surface area contributed by atoms with Crippen LogP contribution in [0.2, 0.25) is 0 Å². The molecule has 0 bridgehead atoms. The van der Waals surface area contributed by atoms with Crippen molar-refractivity contribution in [2.45, 2.75) is 32.2 Å². The molecule has 4 heteroatoms. The van der Waals surface area contributed by atoms with Gasteiger partial charge in [-0.1, -0.05) is 6.92 Å². The minimum atomic E-state index is 0.111. The van der Waals surface area contributed by atoms with Crippen molar-refractivity contribution in [2.24, 2.45) is 7.05 Å². The van der Waals surface area contributed by atoms with Crippen molar-refractivity contribution in [1.82, 2.24) is 9.47 Å². The molecule has 0 spiro atoms. The van der Waals surface area contributed by atoms with Crippen molar-refractivity contribution in [3.05, 3.63) is 18.7 Å². The summed E-state index contributed by atoms with van der Waals surface area (Å²) in [6.07, 6.45) is 8.85. The quantitative estimate of drug-likeness (QED) is 0.637. The Labute approximate surface area is 90.1 Å². The lowest BCUT2D eigenvalue weighted by atomic mass is 10.2. The fourth-order valence-electron chi connectivity index (χ4n) is 2.22. The molecule has 2 heterocycles. The Hall–Kier alpha value is -1.32. The summed E-state index contributed by atoms with van der Waals surface area (Å²) in [4.78, 5) is 14.1. The highest BCUT2D eigenvalue weighted by Crippen LogP contribution is 2.20.